The average Bonchev–Trinajstić information content (AvgIpc) is 2.61. The summed E-state index contributed by atoms with van der Waals surface area (Å²) in [6, 6.07) is 11.3. The zero-order valence-corrected chi connectivity index (χ0v) is 16.9. The van der Waals surface area contributed by atoms with Gasteiger partial charge in [0, 0.05) is 11.4 Å². The third kappa shape index (κ3) is 5.87. The van der Waals surface area contributed by atoms with Crippen LogP contribution in [0.15, 0.2) is 36.4 Å². The molecule has 0 bridgehead atoms. The molecule has 0 aliphatic heterocycles. The summed E-state index contributed by atoms with van der Waals surface area (Å²) in [7, 11) is 2.26. The Bertz CT molecular complexity index is 678. The number of anilines is 4. The molecule has 6 N–H and O–H groups in total. The van der Waals surface area contributed by atoms with E-state index in [0.29, 0.717) is 21.4 Å². The van der Waals surface area contributed by atoms with Crippen molar-refractivity contribution < 1.29 is 4.48 Å². The van der Waals surface area contributed by atoms with Crippen LogP contribution in [0.4, 0.5) is 22.7 Å². The van der Waals surface area contributed by atoms with Crippen LogP contribution in [0, 0.1) is 0 Å². The van der Waals surface area contributed by atoms with Crippen molar-refractivity contribution in [3.8, 4) is 0 Å². The van der Waals surface area contributed by atoms with E-state index in [4.69, 9.17) is 34.7 Å². The number of hydrogen-bond donors (Lipinski definition) is 4. The maximum Gasteiger partial charge on any atom is 0.0960 e. The molecule has 26 heavy (non-hydrogen) atoms. The molecule has 5 nitrogen and oxygen atoms in total. The summed E-state index contributed by atoms with van der Waals surface area (Å²) in [6.45, 7) is 6.98. The summed E-state index contributed by atoms with van der Waals surface area (Å²) in [5.41, 5.74) is 14.7. The average molecular weight is 397 g/mol. The highest BCUT2D eigenvalue weighted by atomic mass is 35.5. The van der Waals surface area contributed by atoms with E-state index in [0.717, 1.165) is 48.6 Å². The summed E-state index contributed by atoms with van der Waals surface area (Å²) in [5, 5.41) is 7.99. The minimum absolute atomic E-state index is 0.578. The van der Waals surface area contributed by atoms with Gasteiger partial charge in [-0.1, -0.05) is 23.2 Å². The van der Waals surface area contributed by atoms with Gasteiger partial charge in [-0.3, -0.25) is 0 Å². The van der Waals surface area contributed by atoms with E-state index in [2.05, 4.69) is 24.6 Å². The lowest BCUT2D eigenvalue weighted by Gasteiger charge is -2.34. The molecule has 0 saturated carbocycles. The molecule has 0 heterocycles. The van der Waals surface area contributed by atoms with E-state index in [-0.39, 0.29) is 0 Å². The van der Waals surface area contributed by atoms with E-state index in [1.807, 2.05) is 36.4 Å². The molecule has 2 aromatic carbocycles. The highest BCUT2D eigenvalue weighted by Gasteiger charge is 2.18. The van der Waals surface area contributed by atoms with Crippen LogP contribution in [-0.2, 0) is 0 Å². The monoisotopic (exact) mass is 396 g/mol. The number of rotatable bonds is 9. The van der Waals surface area contributed by atoms with E-state index >= 15 is 0 Å². The van der Waals surface area contributed by atoms with Crippen LogP contribution in [-0.4, -0.2) is 44.3 Å². The maximum absolute atomic E-state index is 6.06. The van der Waals surface area contributed by atoms with Crippen molar-refractivity contribution in [1.82, 2.24) is 0 Å². The first-order chi connectivity index (χ1) is 12.3. The Balaban J connectivity index is 1.81. The molecule has 0 fully saturated rings. The lowest BCUT2D eigenvalue weighted by Crippen LogP contribution is -2.49. The predicted molar refractivity (Wildman–Crippen MR) is 115 cm³/mol. The van der Waals surface area contributed by atoms with Crippen LogP contribution in [0.25, 0.3) is 0 Å². The number of likely N-dealkylation sites (N-methyl/N-ethyl adjacent to an activating group) is 1. The molecule has 0 unspecified atom stereocenters. The number of nitrogens with zero attached hydrogens (tertiary/aromatic N) is 1. The number of nitrogens with one attached hydrogen (secondary N) is 2. The van der Waals surface area contributed by atoms with Crippen LogP contribution >= 0.6 is 23.2 Å². The van der Waals surface area contributed by atoms with E-state index in [1.54, 1.807) is 0 Å². The number of nitrogens with two attached hydrogens (primary N) is 2. The zero-order valence-electron chi connectivity index (χ0n) is 15.4. The summed E-state index contributed by atoms with van der Waals surface area (Å²) < 4.78 is 0.950. The second kappa shape index (κ2) is 9.21. The fourth-order valence-electron chi connectivity index (χ4n) is 2.64. The van der Waals surface area contributed by atoms with Gasteiger partial charge in [0.2, 0.25) is 0 Å². The molecule has 0 spiro atoms. The molecule has 7 heteroatoms. The maximum atomic E-state index is 6.06. The second-order valence-corrected chi connectivity index (χ2v) is 7.52. The molecule has 0 radical (unpaired) electrons. The predicted octanol–water partition coefficient (Wildman–Crippen LogP) is 4.15. The van der Waals surface area contributed by atoms with Crippen molar-refractivity contribution in [2.75, 3.05) is 61.9 Å². The minimum atomic E-state index is 0.578. The van der Waals surface area contributed by atoms with Crippen molar-refractivity contribution in [3.05, 3.63) is 46.4 Å². The topological polar surface area (TPSA) is 76.1 Å². The van der Waals surface area contributed by atoms with Crippen molar-refractivity contribution >= 4 is 46.0 Å². The van der Waals surface area contributed by atoms with Crippen LogP contribution in [0.3, 0.4) is 0 Å². The van der Waals surface area contributed by atoms with Gasteiger partial charge in [-0.25, -0.2) is 0 Å². The third-order valence-corrected chi connectivity index (χ3v) is 5.38. The molecule has 2 aromatic rings. The fraction of sp³-hybridized carbons (Fsp3) is 0.368. The SMILES string of the molecule is CC[N+](C)(CCNc1ccc(N)c(Cl)c1)CCNc1ccc(N)c(Cl)c1. The molecular weight excluding hydrogens is 369 g/mol. The van der Waals surface area contributed by atoms with Gasteiger partial charge in [0.1, 0.15) is 0 Å². The third-order valence-electron chi connectivity index (χ3n) is 4.73. The molecule has 0 aliphatic rings. The van der Waals surface area contributed by atoms with Crippen molar-refractivity contribution in [2.45, 2.75) is 6.92 Å². The summed E-state index contributed by atoms with van der Waals surface area (Å²) >= 11 is 12.1. The Morgan fingerprint density at radius 2 is 1.27 bits per heavy atom. The van der Waals surface area contributed by atoms with Crippen LogP contribution in [0.2, 0.25) is 10.0 Å². The van der Waals surface area contributed by atoms with Gasteiger partial charge >= 0.3 is 0 Å². The lowest BCUT2D eigenvalue weighted by atomic mass is 10.2. The van der Waals surface area contributed by atoms with Gasteiger partial charge in [-0.2, -0.15) is 0 Å². The number of halogens is 2. The Labute approximate surface area is 165 Å². The van der Waals surface area contributed by atoms with Crippen LogP contribution in [0.5, 0.6) is 0 Å². The first-order valence-corrected chi connectivity index (χ1v) is 9.50. The number of hydrogen-bond acceptors (Lipinski definition) is 4. The Hall–Kier alpha value is -1.82. The standard InChI is InChI=1S/C19H28Cl2N5/c1-3-26(2,10-8-24-14-4-6-18(22)16(20)12-14)11-9-25-15-5-7-19(23)17(21)13-15/h4-7,12-13,24-25H,3,8-11,22-23H2,1-2H3/q+1. The molecule has 0 saturated heterocycles. The van der Waals surface area contributed by atoms with Gasteiger partial charge in [0.25, 0.3) is 0 Å². The molecule has 0 amide bonds. The highest BCUT2D eigenvalue weighted by molar-refractivity contribution is 6.33. The molecule has 0 aromatic heterocycles. The summed E-state index contributed by atoms with van der Waals surface area (Å²) in [4.78, 5) is 0. The van der Waals surface area contributed by atoms with E-state index < -0.39 is 0 Å². The molecule has 0 atom stereocenters. The van der Waals surface area contributed by atoms with Gasteiger partial charge in [-0.15, -0.1) is 0 Å². The Morgan fingerprint density at radius 1 is 0.846 bits per heavy atom. The smallest absolute Gasteiger partial charge is 0.0960 e. The Kier molecular flexibility index (Phi) is 7.26. The molecule has 2 rings (SSSR count). The molecule has 0 aliphatic carbocycles. The van der Waals surface area contributed by atoms with E-state index in [1.165, 1.54) is 0 Å². The molecule has 142 valence electrons. The van der Waals surface area contributed by atoms with Crippen molar-refractivity contribution in [1.29, 1.82) is 0 Å². The largest absolute Gasteiger partial charge is 0.398 e. The number of nitrogen functional groups attached to an aromatic ring is 2. The fourth-order valence-corrected chi connectivity index (χ4v) is 3.00. The highest BCUT2D eigenvalue weighted by Crippen LogP contribution is 2.23. The first-order valence-electron chi connectivity index (χ1n) is 8.74. The van der Waals surface area contributed by atoms with Gasteiger partial charge in [0.15, 0.2) is 0 Å². The van der Waals surface area contributed by atoms with Gasteiger partial charge in [0.05, 0.1) is 61.2 Å². The summed E-state index contributed by atoms with van der Waals surface area (Å²) in [6.07, 6.45) is 0. The minimum Gasteiger partial charge on any atom is -0.398 e. The van der Waals surface area contributed by atoms with E-state index in [9.17, 15) is 0 Å². The lowest BCUT2D eigenvalue weighted by molar-refractivity contribution is -0.904. The van der Waals surface area contributed by atoms with Gasteiger partial charge in [-0.05, 0) is 43.3 Å². The van der Waals surface area contributed by atoms with Crippen LogP contribution in [0.1, 0.15) is 6.92 Å². The number of quaternary nitrogens is 1. The second-order valence-electron chi connectivity index (χ2n) is 6.71. The first kappa shape index (κ1) is 20.5. The van der Waals surface area contributed by atoms with Crippen molar-refractivity contribution in [2.24, 2.45) is 0 Å². The summed E-state index contributed by atoms with van der Waals surface area (Å²) in [5.74, 6) is 0. The quantitative estimate of drug-likeness (QED) is 0.379. The number of benzene rings is 2. The van der Waals surface area contributed by atoms with Gasteiger partial charge < -0.3 is 26.6 Å². The Morgan fingerprint density at radius 3 is 1.62 bits per heavy atom. The normalized spacial score (nSPS) is 11.4. The van der Waals surface area contributed by atoms with Crippen molar-refractivity contribution in [3.63, 3.8) is 0 Å². The molecular formula is C19H28Cl2N5+. The zero-order chi connectivity index (χ0) is 19.2. The van der Waals surface area contributed by atoms with Crippen LogP contribution < -0.4 is 22.1 Å².